The smallest absolute Gasteiger partial charge is 0.337 e. The standard InChI is InChI=1S/C17H18O5/c1-10-7-13(16(19)17(20)21)5-4-12(10)8-11-3-6-14(18)15(9-11)22-2/h3-7,9,16,18-19H,8H2,1-2H3,(H,20,21). The number of carboxylic acids is 1. The lowest BCUT2D eigenvalue weighted by Crippen LogP contribution is -2.10. The number of hydrogen-bond acceptors (Lipinski definition) is 4. The Kier molecular flexibility index (Phi) is 4.68. The molecule has 0 heterocycles. The molecule has 3 N–H and O–H groups in total. The van der Waals surface area contributed by atoms with Crippen molar-refractivity contribution < 1.29 is 24.9 Å². The minimum absolute atomic E-state index is 0.0860. The Morgan fingerprint density at radius 3 is 2.55 bits per heavy atom. The lowest BCUT2D eigenvalue weighted by atomic mass is 9.97. The highest BCUT2D eigenvalue weighted by molar-refractivity contribution is 5.74. The maximum absolute atomic E-state index is 10.8. The number of methoxy groups -OCH3 is 1. The fourth-order valence-electron chi connectivity index (χ4n) is 2.28. The molecule has 0 aliphatic heterocycles. The van der Waals surface area contributed by atoms with E-state index in [9.17, 15) is 15.0 Å². The van der Waals surface area contributed by atoms with Crippen molar-refractivity contribution in [1.29, 1.82) is 0 Å². The molecule has 2 rings (SSSR count). The van der Waals surface area contributed by atoms with Crippen LogP contribution >= 0.6 is 0 Å². The van der Waals surface area contributed by atoms with E-state index in [-0.39, 0.29) is 5.75 Å². The van der Waals surface area contributed by atoms with Gasteiger partial charge in [-0.25, -0.2) is 4.79 Å². The van der Waals surface area contributed by atoms with E-state index in [0.29, 0.717) is 17.7 Å². The second kappa shape index (κ2) is 6.49. The summed E-state index contributed by atoms with van der Waals surface area (Å²) in [6.45, 7) is 1.87. The number of hydrogen-bond donors (Lipinski definition) is 3. The first-order chi connectivity index (χ1) is 10.4. The summed E-state index contributed by atoms with van der Waals surface area (Å²) < 4.78 is 5.08. The molecule has 0 aliphatic carbocycles. The fraction of sp³-hybridized carbons (Fsp3) is 0.235. The van der Waals surface area contributed by atoms with Crippen molar-refractivity contribution in [2.75, 3.05) is 7.11 Å². The first kappa shape index (κ1) is 15.9. The van der Waals surface area contributed by atoms with Crippen LogP contribution in [0, 0.1) is 6.92 Å². The number of phenolic OH excluding ortho intramolecular Hbond substituents is 1. The molecule has 0 fully saturated rings. The van der Waals surface area contributed by atoms with E-state index in [1.807, 2.05) is 6.92 Å². The fourth-order valence-corrected chi connectivity index (χ4v) is 2.28. The Morgan fingerprint density at radius 2 is 1.95 bits per heavy atom. The third-order valence-corrected chi connectivity index (χ3v) is 3.56. The van der Waals surface area contributed by atoms with E-state index in [4.69, 9.17) is 9.84 Å². The number of phenols is 1. The number of aliphatic hydroxyl groups excluding tert-OH is 1. The number of carboxylic acid groups (broad SMARTS) is 1. The zero-order chi connectivity index (χ0) is 16.3. The van der Waals surface area contributed by atoms with Crippen molar-refractivity contribution in [2.45, 2.75) is 19.4 Å². The molecule has 0 aliphatic rings. The third-order valence-electron chi connectivity index (χ3n) is 3.56. The second-order valence-electron chi connectivity index (χ2n) is 5.11. The van der Waals surface area contributed by atoms with Crippen molar-refractivity contribution >= 4 is 5.97 Å². The number of aryl methyl sites for hydroxylation is 1. The van der Waals surface area contributed by atoms with Gasteiger partial charge in [0.15, 0.2) is 17.6 Å². The maximum Gasteiger partial charge on any atom is 0.337 e. The van der Waals surface area contributed by atoms with Gasteiger partial charge in [-0.05, 0) is 47.7 Å². The molecule has 0 spiro atoms. The summed E-state index contributed by atoms with van der Waals surface area (Å²) in [7, 11) is 1.49. The first-order valence-electron chi connectivity index (χ1n) is 6.78. The Hall–Kier alpha value is -2.53. The Labute approximate surface area is 128 Å². The van der Waals surface area contributed by atoms with E-state index in [1.54, 1.807) is 36.4 Å². The predicted octanol–water partition coefficient (Wildman–Crippen LogP) is 2.42. The van der Waals surface area contributed by atoms with Crippen LogP contribution in [0.25, 0.3) is 0 Å². The first-order valence-corrected chi connectivity index (χ1v) is 6.78. The van der Waals surface area contributed by atoms with Gasteiger partial charge in [-0.1, -0.05) is 24.3 Å². The molecule has 1 atom stereocenters. The Morgan fingerprint density at radius 1 is 1.23 bits per heavy atom. The van der Waals surface area contributed by atoms with Gasteiger partial charge in [-0.3, -0.25) is 0 Å². The highest BCUT2D eigenvalue weighted by atomic mass is 16.5. The number of carbonyl (C=O) groups is 1. The summed E-state index contributed by atoms with van der Waals surface area (Å²) in [5.41, 5.74) is 3.22. The Bertz CT molecular complexity index is 693. The minimum atomic E-state index is -1.51. The van der Waals surface area contributed by atoms with E-state index in [0.717, 1.165) is 16.7 Å². The molecular formula is C17H18O5. The highest BCUT2D eigenvalue weighted by Crippen LogP contribution is 2.28. The van der Waals surface area contributed by atoms with Crippen LogP contribution in [0.4, 0.5) is 0 Å². The summed E-state index contributed by atoms with van der Waals surface area (Å²) in [6.07, 6.45) is -0.896. The zero-order valence-corrected chi connectivity index (χ0v) is 12.4. The SMILES string of the molecule is COc1cc(Cc2ccc(C(O)C(=O)O)cc2C)ccc1O. The molecule has 0 bridgehead atoms. The van der Waals surface area contributed by atoms with E-state index in [2.05, 4.69) is 0 Å². The van der Waals surface area contributed by atoms with Gasteiger partial charge in [0.25, 0.3) is 0 Å². The van der Waals surface area contributed by atoms with Crippen LogP contribution < -0.4 is 4.74 Å². The minimum Gasteiger partial charge on any atom is -0.504 e. The summed E-state index contributed by atoms with van der Waals surface area (Å²) in [6, 6.07) is 10.2. The Balaban J connectivity index is 2.25. The average molecular weight is 302 g/mol. The monoisotopic (exact) mass is 302 g/mol. The van der Waals surface area contributed by atoms with E-state index >= 15 is 0 Å². The molecule has 116 valence electrons. The third kappa shape index (κ3) is 3.38. The van der Waals surface area contributed by atoms with Crippen LogP contribution in [0.1, 0.15) is 28.4 Å². The molecule has 0 saturated carbocycles. The van der Waals surface area contributed by atoms with Gasteiger partial charge in [0, 0.05) is 0 Å². The second-order valence-corrected chi connectivity index (χ2v) is 5.11. The topological polar surface area (TPSA) is 87.0 Å². The van der Waals surface area contributed by atoms with Crippen molar-refractivity contribution in [3.05, 3.63) is 58.7 Å². The van der Waals surface area contributed by atoms with Gasteiger partial charge in [-0.2, -0.15) is 0 Å². The van der Waals surface area contributed by atoms with E-state index in [1.165, 1.54) is 7.11 Å². The molecule has 22 heavy (non-hydrogen) atoms. The number of aliphatic carboxylic acids is 1. The van der Waals surface area contributed by atoms with Crippen molar-refractivity contribution in [2.24, 2.45) is 0 Å². The van der Waals surface area contributed by atoms with Gasteiger partial charge in [-0.15, -0.1) is 0 Å². The summed E-state index contributed by atoms with van der Waals surface area (Å²) >= 11 is 0. The van der Waals surface area contributed by atoms with Gasteiger partial charge >= 0.3 is 5.97 Å². The van der Waals surface area contributed by atoms with Gasteiger partial charge < -0.3 is 20.1 Å². The number of ether oxygens (including phenoxy) is 1. The largest absolute Gasteiger partial charge is 0.504 e. The molecule has 2 aromatic rings. The van der Waals surface area contributed by atoms with Gasteiger partial charge in [0.2, 0.25) is 0 Å². The number of aliphatic hydroxyl groups is 1. The number of benzene rings is 2. The molecule has 5 heteroatoms. The molecule has 0 aromatic heterocycles. The normalized spacial score (nSPS) is 12.0. The lowest BCUT2D eigenvalue weighted by Gasteiger charge is -2.12. The number of aromatic hydroxyl groups is 1. The van der Waals surface area contributed by atoms with Crippen LogP contribution in [-0.4, -0.2) is 28.4 Å². The molecule has 0 radical (unpaired) electrons. The summed E-state index contributed by atoms with van der Waals surface area (Å²) in [5, 5.41) is 28.0. The molecule has 0 saturated heterocycles. The number of rotatable bonds is 5. The van der Waals surface area contributed by atoms with Gasteiger partial charge in [0.1, 0.15) is 0 Å². The molecule has 1 unspecified atom stereocenters. The predicted molar refractivity (Wildman–Crippen MR) is 81.2 cm³/mol. The van der Waals surface area contributed by atoms with E-state index < -0.39 is 12.1 Å². The molecule has 5 nitrogen and oxygen atoms in total. The lowest BCUT2D eigenvalue weighted by molar-refractivity contribution is -0.146. The van der Waals surface area contributed by atoms with Crippen molar-refractivity contribution in [1.82, 2.24) is 0 Å². The van der Waals surface area contributed by atoms with Crippen molar-refractivity contribution in [3.8, 4) is 11.5 Å². The van der Waals surface area contributed by atoms with Crippen LogP contribution in [0.5, 0.6) is 11.5 Å². The quantitative estimate of drug-likeness (QED) is 0.789. The van der Waals surface area contributed by atoms with Crippen LogP contribution in [0.3, 0.4) is 0 Å². The summed E-state index contributed by atoms with van der Waals surface area (Å²) in [4.78, 5) is 10.8. The molecular weight excluding hydrogens is 284 g/mol. The zero-order valence-electron chi connectivity index (χ0n) is 12.4. The van der Waals surface area contributed by atoms with Crippen LogP contribution in [0.15, 0.2) is 36.4 Å². The molecule has 0 amide bonds. The van der Waals surface area contributed by atoms with Gasteiger partial charge in [0.05, 0.1) is 7.11 Å². The van der Waals surface area contributed by atoms with Crippen molar-refractivity contribution in [3.63, 3.8) is 0 Å². The van der Waals surface area contributed by atoms with Crippen LogP contribution in [-0.2, 0) is 11.2 Å². The highest BCUT2D eigenvalue weighted by Gasteiger charge is 2.16. The summed E-state index contributed by atoms with van der Waals surface area (Å²) in [5.74, 6) is -0.772. The maximum atomic E-state index is 10.8. The van der Waals surface area contributed by atoms with Crippen LogP contribution in [0.2, 0.25) is 0 Å². The molecule has 2 aromatic carbocycles. The average Bonchev–Trinajstić information content (AvgIpc) is 2.50.